The quantitative estimate of drug-likeness (QED) is 0.763. The SMILES string of the molecule is Cl.c1cc2cc([C@@H]3CCCN3)ccc2[nH]1. The topological polar surface area (TPSA) is 27.8 Å². The highest BCUT2D eigenvalue weighted by molar-refractivity contribution is 5.85. The third-order valence-electron chi connectivity index (χ3n) is 3.04. The zero-order valence-corrected chi connectivity index (χ0v) is 9.31. The van der Waals surface area contributed by atoms with Crippen LogP contribution in [0.2, 0.25) is 0 Å². The number of fused-ring (bicyclic) bond motifs is 1. The van der Waals surface area contributed by atoms with Gasteiger partial charge in [-0.2, -0.15) is 0 Å². The van der Waals surface area contributed by atoms with Crippen LogP contribution < -0.4 is 5.32 Å². The van der Waals surface area contributed by atoms with E-state index in [1.54, 1.807) is 0 Å². The first-order valence-electron chi connectivity index (χ1n) is 5.24. The van der Waals surface area contributed by atoms with E-state index in [9.17, 15) is 0 Å². The Morgan fingerprint density at radius 3 is 2.93 bits per heavy atom. The molecule has 80 valence electrons. The Morgan fingerprint density at radius 1 is 1.20 bits per heavy atom. The van der Waals surface area contributed by atoms with Crippen LogP contribution in [-0.4, -0.2) is 11.5 Å². The van der Waals surface area contributed by atoms with Crippen LogP contribution in [0.4, 0.5) is 0 Å². The van der Waals surface area contributed by atoms with Crippen LogP contribution >= 0.6 is 12.4 Å². The number of hydrogen-bond acceptors (Lipinski definition) is 1. The van der Waals surface area contributed by atoms with E-state index >= 15 is 0 Å². The fraction of sp³-hybridized carbons (Fsp3) is 0.333. The molecule has 1 aromatic heterocycles. The van der Waals surface area contributed by atoms with E-state index in [2.05, 4.69) is 34.6 Å². The molecule has 1 saturated heterocycles. The molecule has 2 nitrogen and oxygen atoms in total. The molecular weight excluding hydrogens is 208 g/mol. The Morgan fingerprint density at radius 2 is 2.13 bits per heavy atom. The van der Waals surface area contributed by atoms with Crippen molar-refractivity contribution in [1.29, 1.82) is 0 Å². The van der Waals surface area contributed by atoms with Crippen molar-refractivity contribution >= 4 is 23.3 Å². The van der Waals surface area contributed by atoms with Gasteiger partial charge in [-0.1, -0.05) is 6.07 Å². The molecule has 1 atom stereocenters. The second-order valence-electron chi connectivity index (χ2n) is 3.97. The van der Waals surface area contributed by atoms with E-state index in [0.29, 0.717) is 6.04 Å². The first-order chi connectivity index (χ1) is 6.93. The van der Waals surface area contributed by atoms with Crippen molar-refractivity contribution in [3.8, 4) is 0 Å². The van der Waals surface area contributed by atoms with Crippen molar-refractivity contribution in [3.05, 3.63) is 36.0 Å². The average Bonchev–Trinajstić information content (AvgIpc) is 2.88. The highest BCUT2D eigenvalue weighted by atomic mass is 35.5. The second kappa shape index (κ2) is 4.25. The molecule has 3 heteroatoms. The predicted octanol–water partition coefficient (Wildman–Crippen LogP) is 3.01. The van der Waals surface area contributed by atoms with Crippen LogP contribution in [0, 0.1) is 0 Å². The smallest absolute Gasteiger partial charge is 0.0454 e. The Hall–Kier alpha value is -0.990. The molecule has 1 aliphatic rings. The summed E-state index contributed by atoms with van der Waals surface area (Å²) in [5, 5.41) is 4.84. The molecule has 0 aliphatic carbocycles. The molecule has 0 amide bonds. The van der Waals surface area contributed by atoms with Gasteiger partial charge in [0, 0.05) is 17.8 Å². The van der Waals surface area contributed by atoms with Gasteiger partial charge >= 0.3 is 0 Å². The maximum Gasteiger partial charge on any atom is 0.0454 e. The molecule has 1 fully saturated rings. The first kappa shape index (κ1) is 10.5. The minimum Gasteiger partial charge on any atom is -0.361 e. The van der Waals surface area contributed by atoms with Gasteiger partial charge in [0.15, 0.2) is 0 Å². The van der Waals surface area contributed by atoms with Gasteiger partial charge in [-0.15, -0.1) is 12.4 Å². The molecule has 2 aromatic rings. The summed E-state index contributed by atoms with van der Waals surface area (Å²) in [4.78, 5) is 3.22. The number of benzene rings is 1. The molecule has 3 rings (SSSR count). The van der Waals surface area contributed by atoms with Crippen molar-refractivity contribution in [1.82, 2.24) is 10.3 Å². The third kappa shape index (κ3) is 1.87. The van der Waals surface area contributed by atoms with E-state index in [0.717, 1.165) is 6.54 Å². The van der Waals surface area contributed by atoms with Crippen LogP contribution in [0.15, 0.2) is 30.5 Å². The maximum absolute atomic E-state index is 3.52. The molecule has 0 spiro atoms. The highest BCUT2D eigenvalue weighted by Crippen LogP contribution is 2.25. The largest absolute Gasteiger partial charge is 0.361 e. The highest BCUT2D eigenvalue weighted by Gasteiger charge is 2.15. The molecule has 0 bridgehead atoms. The van der Waals surface area contributed by atoms with Crippen LogP contribution in [0.5, 0.6) is 0 Å². The van der Waals surface area contributed by atoms with E-state index in [1.165, 1.54) is 29.3 Å². The summed E-state index contributed by atoms with van der Waals surface area (Å²) in [5.41, 5.74) is 2.65. The van der Waals surface area contributed by atoms with E-state index in [1.807, 2.05) is 6.20 Å². The van der Waals surface area contributed by atoms with Gasteiger partial charge < -0.3 is 10.3 Å². The van der Waals surface area contributed by atoms with Crippen molar-refractivity contribution < 1.29 is 0 Å². The minimum absolute atomic E-state index is 0. The Bertz CT molecular complexity index is 444. The van der Waals surface area contributed by atoms with Gasteiger partial charge in [-0.05, 0) is 48.5 Å². The molecular formula is C12H15ClN2. The summed E-state index contributed by atoms with van der Waals surface area (Å²) in [6.07, 6.45) is 4.57. The van der Waals surface area contributed by atoms with Gasteiger partial charge in [-0.25, -0.2) is 0 Å². The number of rotatable bonds is 1. The van der Waals surface area contributed by atoms with Gasteiger partial charge in [0.2, 0.25) is 0 Å². The van der Waals surface area contributed by atoms with Crippen LogP contribution in [0.3, 0.4) is 0 Å². The zero-order chi connectivity index (χ0) is 9.38. The molecule has 15 heavy (non-hydrogen) atoms. The van der Waals surface area contributed by atoms with Crippen LogP contribution in [0.1, 0.15) is 24.4 Å². The number of hydrogen-bond donors (Lipinski definition) is 2. The maximum atomic E-state index is 3.52. The molecule has 1 aromatic carbocycles. The minimum atomic E-state index is 0. The summed E-state index contributed by atoms with van der Waals surface area (Å²) in [6, 6.07) is 9.39. The van der Waals surface area contributed by atoms with Crippen molar-refractivity contribution in [2.24, 2.45) is 0 Å². The monoisotopic (exact) mass is 222 g/mol. The van der Waals surface area contributed by atoms with Crippen LogP contribution in [-0.2, 0) is 0 Å². The number of nitrogens with one attached hydrogen (secondary N) is 2. The number of aromatic nitrogens is 1. The van der Waals surface area contributed by atoms with E-state index < -0.39 is 0 Å². The fourth-order valence-electron chi connectivity index (χ4n) is 2.26. The summed E-state index contributed by atoms with van der Waals surface area (Å²) < 4.78 is 0. The Kier molecular flexibility index (Phi) is 2.98. The number of aromatic amines is 1. The summed E-state index contributed by atoms with van der Waals surface area (Å²) in [6.45, 7) is 1.16. The molecule has 0 radical (unpaired) electrons. The molecule has 0 unspecified atom stereocenters. The summed E-state index contributed by atoms with van der Waals surface area (Å²) in [5.74, 6) is 0. The van der Waals surface area contributed by atoms with Gasteiger partial charge in [0.05, 0.1) is 0 Å². The molecule has 2 heterocycles. The molecule has 0 saturated carbocycles. The Balaban J connectivity index is 0.000000853. The van der Waals surface area contributed by atoms with Gasteiger partial charge in [0.25, 0.3) is 0 Å². The standard InChI is InChI=1S/C12H14N2.ClH/c1-2-11(13-6-1)9-3-4-12-10(8-9)5-7-14-12;/h3-5,7-8,11,13-14H,1-2,6H2;1H/t11-;/m0./s1. The fourth-order valence-corrected chi connectivity index (χ4v) is 2.26. The number of halogens is 1. The van der Waals surface area contributed by atoms with E-state index in [4.69, 9.17) is 0 Å². The predicted molar refractivity (Wildman–Crippen MR) is 65.5 cm³/mol. The zero-order valence-electron chi connectivity index (χ0n) is 8.49. The first-order valence-corrected chi connectivity index (χ1v) is 5.24. The molecule has 1 aliphatic heterocycles. The lowest BCUT2D eigenvalue weighted by Gasteiger charge is -2.10. The van der Waals surface area contributed by atoms with Crippen molar-refractivity contribution in [2.45, 2.75) is 18.9 Å². The molecule has 2 N–H and O–H groups in total. The number of H-pyrrole nitrogens is 1. The lowest BCUT2D eigenvalue weighted by molar-refractivity contribution is 0.648. The van der Waals surface area contributed by atoms with Gasteiger partial charge in [0.1, 0.15) is 0 Å². The van der Waals surface area contributed by atoms with Crippen molar-refractivity contribution in [2.75, 3.05) is 6.54 Å². The second-order valence-corrected chi connectivity index (χ2v) is 3.97. The summed E-state index contributed by atoms with van der Waals surface area (Å²) in [7, 11) is 0. The van der Waals surface area contributed by atoms with E-state index in [-0.39, 0.29) is 12.4 Å². The summed E-state index contributed by atoms with van der Waals surface area (Å²) >= 11 is 0. The third-order valence-corrected chi connectivity index (χ3v) is 3.04. The normalized spacial score (nSPS) is 20.4. The lowest BCUT2D eigenvalue weighted by Crippen LogP contribution is -2.12. The van der Waals surface area contributed by atoms with Gasteiger partial charge in [-0.3, -0.25) is 0 Å². The van der Waals surface area contributed by atoms with Crippen LogP contribution in [0.25, 0.3) is 10.9 Å². The van der Waals surface area contributed by atoms with Crippen molar-refractivity contribution in [3.63, 3.8) is 0 Å². The Labute approximate surface area is 95.5 Å². The average molecular weight is 223 g/mol. The lowest BCUT2D eigenvalue weighted by atomic mass is 10.0.